The van der Waals surface area contributed by atoms with Crippen molar-refractivity contribution in [2.75, 3.05) is 17.7 Å². The molecule has 0 spiro atoms. The van der Waals surface area contributed by atoms with Crippen molar-refractivity contribution in [1.29, 1.82) is 5.26 Å². The molecule has 0 atom stereocenters. The van der Waals surface area contributed by atoms with Gasteiger partial charge in [-0.1, -0.05) is 11.6 Å². The van der Waals surface area contributed by atoms with Gasteiger partial charge in [-0.15, -0.1) is 5.10 Å². The molecule has 1 aromatic carbocycles. The van der Waals surface area contributed by atoms with E-state index in [2.05, 4.69) is 16.3 Å². The maximum Gasteiger partial charge on any atom is 0.169 e. The van der Waals surface area contributed by atoms with Gasteiger partial charge in [-0.25, -0.2) is 0 Å². The monoisotopic (exact) mass is 301 g/mol. The molecule has 2 rings (SSSR count). The van der Waals surface area contributed by atoms with E-state index >= 15 is 0 Å². The summed E-state index contributed by atoms with van der Waals surface area (Å²) in [6.45, 7) is 4.20. The van der Waals surface area contributed by atoms with Crippen LogP contribution in [0.25, 0.3) is 0 Å². The second-order valence-corrected chi connectivity index (χ2v) is 5.33. The Morgan fingerprint density at radius 1 is 1.33 bits per heavy atom. The number of rotatable bonds is 3. The van der Waals surface area contributed by atoms with Crippen LogP contribution >= 0.6 is 11.6 Å². The molecule has 6 heteroatoms. The Morgan fingerprint density at radius 2 is 2.05 bits per heavy atom. The quantitative estimate of drug-likeness (QED) is 0.882. The number of nitrogen functional groups attached to an aromatic ring is 1. The fourth-order valence-electron chi connectivity index (χ4n) is 2.04. The molecule has 0 unspecified atom stereocenters. The summed E-state index contributed by atoms with van der Waals surface area (Å²) in [7, 11) is 1.85. The van der Waals surface area contributed by atoms with Gasteiger partial charge in [0.25, 0.3) is 0 Å². The zero-order chi connectivity index (χ0) is 15.6. The van der Waals surface area contributed by atoms with Crippen LogP contribution in [0, 0.1) is 25.2 Å². The van der Waals surface area contributed by atoms with E-state index in [0.717, 1.165) is 16.8 Å². The van der Waals surface area contributed by atoms with Crippen LogP contribution in [0.3, 0.4) is 0 Å². The zero-order valence-corrected chi connectivity index (χ0v) is 12.9. The average Bonchev–Trinajstić information content (AvgIpc) is 2.45. The number of benzene rings is 1. The third-order valence-corrected chi connectivity index (χ3v) is 3.76. The van der Waals surface area contributed by atoms with Crippen molar-refractivity contribution in [3.05, 3.63) is 45.6 Å². The van der Waals surface area contributed by atoms with Crippen molar-refractivity contribution in [2.24, 2.45) is 0 Å². The largest absolute Gasteiger partial charge is 0.399 e. The van der Waals surface area contributed by atoms with Crippen LogP contribution in [0.4, 0.5) is 11.5 Å². The highest BCUT2D eigenvalue weighted by molar-refractivity contribution is 6.31. The smallest absolute Gasteiger partial charge is 0.169 e. The molecule has 0 bridgehead atoms. The number of hydrogen-bond acceptors (Lipinski definition) is 5. The molecular formula is C15H16ClN5. The minimum atomic E-state index is 0.496. The van der Waals surface area contributed by atoms with Crippen molar-refractivity contribution < 1.29 is 0 Å². The van der Waals surface area contributed by atoms with Gasteiger partial charge in [0.05, 0.1) is 5.69 Å². The molecule has 5 nitrogen and oxygen atoms in total. The first-order chi connectivity index (χ1) is 9.93. The second-order valence-electron chi connectivity index (χ2n) is 4.93. The SMILES string of the molecule is Cc1nnc(N(C)Cc2cc(N)ccc2Cl)c(C#N)c1C. The Balaban J connectivity index is 2.37. The van der Waals surface area contributed by atoms with E-state index in [1.807, 2.05) is 31.9 Å². The third-order valence-electron chi connectivity index (χ3n) is 3.39. The Morgan fingerprint density at radius 3 is 2.71 bits per heavy atom. The number of hydrogen-bond donors (Lipinski definition) is 1. The van der Waals surface area contributed by atoms with Gasteiger partial charge in [0.1, 0.15) is 11.6 Å². The summed E-state index contributed by atoms with van der Waals surface area (Å²) in [6, 6.07) is 7.53. The third kappa shape index (κ3) is 3.06. The topological polar surface area (TPSA) is 78.8 Å². The minimum absolute atomic E-state index is 0.496. The van der Waals surface area contributed by atoms with Crippen LogP contribution in [0.1, 0.15) is 22.4 Å². The number of nitrogens with two attached hydrogens (primary N) is 1. The maximum atomic E-state index is 9.35. The first kappa shape index (κ1) is 15.1. The molecule has 0 saturated carbocycles. The number of aryl methyl sites for hydroxylation is 1. The molecule has 0 aliphatic rings. The fourth-order valence-corrected chi connectivity index (χ4v) is 2.22. The van der Waals surface area contributed by atoms with Crippen LogP contribution in [-0.2, 0) is 6.54 Å². The summed E-state index contributed by atoms with van der Waals surface area (Å²) in [6.07, 6.45) is 0. The van der Waals surface area contributed by atoms with E-state index in [1.54, 1.807) is 12.1 Å². The molecule has 0 saturated heterocycles. The molecule has 0 radical (unpaired) electrons. The summed E-state index contributed by atoms with van der Waals surface area (Å²) in [5.74, 6) is 0.541. The second kappa shape index (κ2) is 5.98. The van der Waals surface area contributed by atoms with Crippen molar-refractivity contribution in [3.63, 3.8) is 0 Å². The van der Waals surface area contributed by atoms with Crippen LogP contribution in [0.15, 0.2) is 18.2 Å². The van der Waals surface area contributed by atoms with Crippen molar-refractivity contribution >= 4 is 23.1 Å². The molecule has 0 amide bonds. The molecular weight excluding hydrogens is 286 g/mol. The lowest BCUT2D eigenvalue weighted by atomic mass is 10.1. The van der Waals surface area contributed by atoms with Gasteiger partial charge >= 0.3 is 0 Å². The highest BCUT2D eigenvalue weighted by Crippen LogP contribution is 2.25. The lowest BCUT2D eigenvalue weighted by Gasteiger charge is -2.20. The molecule has 2 N–H and O–H groups in total. The Labute approximate surface area is 129 Å². The number of halogens is 1. The van der Waals surface area contributed by atoms with Crippen molar-refractivity contribution in [3.8, 4) is 6.07 Å². The van der Waals surface area contributed by atoms with Gasteiger partial charge in [0.2, 0.25) is 0 Å². The first-order valence-corrected chi connectivity index (χ1v) is 6.81. The van der Waals surface area contributed by atoms with Gasteiger partial charge in [-0.05, 0) is 43.2 Å². The van der Waals surface area contributed by atoms with Crippen LogP contribution in [0.5, 0.6) is 0 Å². The van der Waals surface area contributed by atoms with E-state index in [-0.39, 0.29) is 0 Å². The lowest BCUT2D eigenvalue weighted by molar-refractivity contribution is 0.846. The standard InChI is InChI=1S/C15H16ClN5/c1-9-10(2)19-20-15(13(9)7-17)21(3)8-11-6-12(18)4-5-14(11)16/h4-6H,8,18H2,1-3H3. The summed E-state index contributed by atoms with van der Waals surface area (Å²) in [5.41, 5.74) is 9.44. The normalized spacial score (nSPS) is 10.2. The van der Waals surface area contributed by atoms with Gasteiger partial charge in [0, 0.05) is 24.3 Å². The predicted molar refractivity (Wildman–Crippen MR) is 84.2 cm³/mol. The van der Waals surface area contributed by atoms with Crippen molar-refractivity contribution in [1.82, 2.24) is 10.2 Å². The maximum absolute atomic E-state index is 9.35. The number of nitrogens with zero attached hydrogens (tertiary/aromatic N) is 4. The van der Waals surface area contributed by atoms with E-state index in [9.17, 15) is 5.26 Å². The Kier molecular flexibility index (Phi) is 4.29. The first-order valence-electron chi connectivity index (χ1n) is 6.43. The molecule has 0 aliphatic carbocycles. The minimum Gasteiger partial charge on any atom is -0.399 e. The molecule has 108 valence electrons. The zero-order valence-electron chi connectivity index (χ0n) is 12.2. The Bertz CT molecular complexity index is 721. The van der Waals surface area contributed by atoms with Gasteiger partial charge in [-0.2, -0.15) is 10.4 Å². The molecule has 0 fully saturated rings. The van der Waals surface area contributed by atoms with E-state index in [1.165, 1.54) is 0 Å². The van der Waals surface area contributed by atoms with Crippen LogP contribution in [-0.4, -0.2) is 17.2 Å². The van der Waals surface area contributed by atoms with E-state index in [0.29, 0.717) is 28.6 Å². The van der Waals surface area contributed by atoms with E-state index < -0.39 is 0 Å². The van der Waals surface area contributed by atoms with Gasteiger partial charge < -0.3 is 10.6 Å². The van der Waals surface area contributed by atoms with Crippen LogP contribution < -0.4 is 10.6 Å². The van der Waals surface area contributed by atoms with Gasteiger partial charge in [-0.3, -0.25) is 0 Å². The summed E-state index contributed by atoms with van der Waals surface area (Å²) in [4.78, 5) is 1.85. The van der Waals surface area contributed by atoms with Gasteiger partial charge in [0.15, 0.2) is 5.82 Å². The van der Waals surface area contributed by atoms with E-state index in [4.69, 9.17) is 17.3 Å². The lowest BCUT2D eigenvalue weighted by Crippen LogP contribution is -2.20. The van der Waals surface area contributed by atoms with Crippen LogP contribution in [0.2, 0.25) is 5.02 Å². The van der Waals surface area contributed by atoms with Crippen molar-refractivity contribution in [2.45, 2.75) is 20.4 Å². The Hall–Kier alpha value is -2.32. The summed E-state index contributed by atoms with van der Waals surface area (Å²) in [5, 5.41) is 18.2. The molecule has 0 aliphatic heterocycles. The summed E-state index contributed by atoms with van der Waals surface area (Å²) < 4.78 is 0. The highest BCUT2D eigenvalue weighted by Gasteiger charge is 2.15. The average molecular weight is 302 g/mol. The molecule has 1 aromatic heterocycles. The number of anilines is 2. The predicted octanol–water partition coefficient (Wildman–Crippen LogP) is 2.84. The molecule has 1 heterocycles. The molecule has 2 aromatic rings. The summed E-state index contributed by atoms with van der Waals surface area (Å²) >= 11 is 6.17. The number of nitriles is 1. The molecule has 21 heavy (non-hydrogen) atoms. The highest BCUT2D eigenvalue weighted by atomic mass is 35.5. The number of aromatic nitrogens is 2. The fraction of sp³-hybridized carbons (Fsp3) is 0.267.